The molecule has 0 fully saturated rings. The van der Waals surface area contributed by atoms with Crippen LogP contribution < -0.4 is 0 Å². The number of hydrogen-bond acceptors (Lipinski definition) is 1. The van der Waals surface area contributed by atoms with Gasteiger partial charge in [0, 0.05) is 0 Å². The maximum absolute atomic E-state index is 10.4. The third-order valence-corrected chi connectivity index (χ3v) is 0. The topological polar surface area (TPSA) is 20.2 Å². The van der Waals surface area contributed by atoms with Crippen LogP contribution in [-0.4, -0.2) is 23.0 Å². The van der Waals surface area contributed by atoms with Crippen LogP contribution in [0.3, 0.4) is 0 Å². The Morgan fingerprint density at radius 3 is 1.07 bits per heavy atom. The van der Waals surface area contributed by atoms with E-state index in [0.29, 0.717) is 0 Å². The molecule has 0 aromatic rings. The summed E-state index contributed by atoms with van der Waals surface area (Å²) in [6.07, 6.45) is 0. The highest BCUT2D eigenvalue weighted by Crippen LogP contribution is 1.88. The minimum absolute atomic E-state index is 0. The molecule has 14 heavy (non-hydrogen) atoms. The van der Waals surface area contributed by atoms with Crippen LogP contribution >= 0.6 is 0 Å². The second-order valence-electron chi connectivity index (χ2n) is 4.17. The SMILES string of the molecule is C.C.CC(C)C.C[SiH2]F.C[Si](C)(C)O. The Labute approximate surface area is 95.3 Å². The average molecular weight is 245 g/mol. The van der Waals surface area contributed by atoms with E-state index in [9.17, 15) is 4.11 Å². The van der Waals surface area contributed by atoms with Crippen molar-refractivity contribution in [1.82, 2.24) is 0 Å². The van der Waals surface area contributed by atoms with Crippen LogP contribution in [0.5, 0.6) is 0 Å². The molecule has 0 aromatic carbocycles. The summed E-state index contributed by atoms with van der Waals surface area (Å²) in [4.78, 5) is 8.66. The summed E-state index contributed by atoms with van der Waals surface area (Å²) in [5, 5.41) is 0. The van der Waals surface area contributed by atoms with Gasteiger partial charge in [-0.25, -0.2) is 0 Å². The van der Waals surface area contributed by atoms with E-state index in [1.54, 1.807) is 6.55 Å². The van der Waals surface area contributed by atoms with Crippen molar-refractivity contribution in [3.8, 4) is 0 Å². The molecule has 0 aliphatic rings. The Morgan fingerprint density at radius 2 is 1.07 bits per heavy atom. The zero-order valence-corrected chi connectivity index (χ0v) is 12.0. The molecule has 1 N–H and O–H groups in total. The monoisotopic (exact) mass is 244 g/mol. The van der Waals surface area contributed by atoms with Crippen molar-refractivity contribution in [1.29, 1.82) is 0 Å². The van der Waals surface area contributed by atoms with E-state index in [4.69, 9.17) is 4.80 Å². The molecule has 0 heterocycles. The van der Waals surface area contributed by atoms with Gasteiger partial charge in [-0.1, -0.05) is 35.6 Å². The van der Waals surface area contributed by atoms with Crippen molar-refractivity contribution in [2.75, 3.05) is 0 Å². The van der Waals surface area contributed by atoms with Crippen LogP contribution in [0.1, 0.15) is 35.6 Å². The van der Waals surface area contributed by atoms with Crippen molar-refractivity contribution in [2.45, 2.75) is 61.8 Å². The molecular weight excluding hydrogens is 211 g/mol. The van der Waals surface area contributed by atoms with Gasteiger partial charge in [0.2, 0.25) is 9.85 Å². The highest BCUT2D eigenvalue weighted by Gasteiger charge is 2.03. The molecule has 1 nitrogen and oxygen atoms in total. The van der Waals surface area contributed by atoms with Crippen molar-refractivity contribution in [3.05, 3.63) is 0 Å². The molecule has 0 atom stereocenters. The Balaban J connectivity index is -0.0000000278. The van der Waals surface area contributed by atoms with E-state index in [1.807, 2.05) is 19.6 Å². The lowest BCUT2D eigenvalue weighted by molar-refractivity contribution is 0.561. The first-order chi connectivity index (χ1) is 5.15. The summed E-state index contributed by atoms with van der Waals surface area (Å²) in [5.41, 5.74) is 0. The fourth-order valence-corrected chi connectivity index (χ4v) is 0. The minimum atomic E-state index is -1.61. The molecule has 0 bridgehead atoms. The van der Waals surface area contributed by atoms with E-state index in [0.717, 1.165) is 5.92 Å². The van der Waals surface area contributed by atoms with Gasteiger partial charge in [0.05, 0.1) is 0 Å². The quantitative estimate of drug-likeness (QED) is 0.507. The van der Waals surface area contributed by atoms with Crippen LogP contribution in [0.2, 0.25) is 26.2 Å². The Kier molecular flexibility index (Phi) is 39.7. The molecule has 0 amide bonds. The van der Waals surface area contributed by atoms with Gasteiger partial charge in [0.1, 0.15) is 0 Å². The van der Waals surface area contributed by atoms with Crippen LogP contribution in [0.25, 0.3) is 0 Å². The number of halogens is 1. The summed E-state index contributed by atoms with van der Waals surface area (Å²) >= 11 is 0. The summed E-state index contributed by atoms with van der Waals surface area (Å²) in [6.45, 7) is 13.7. The van der Waals surface area contributed by atoms with Crippen molar-refractivity contribution in [3.63, 3.8) is 0 Å². The lowest BCUT2D eigenvalue weighted by Gasteiger charge is -2.00. The van der Waals surface area contributed by atoms with Gasteiger partial charge in [-0.05, 0) is 32.1 Å². The molecule has 0 saturated carbocycles. The third-order valence-electron chi connectivity index (χ3n) is 0. The smallest absolute Gasteiger partial charge is 0.213 e. The fourth-order valence-electron chi connectivity index (χ4n) is 0. The molecule has 94 valence electrons. The number of hydrogen-bond donors (Lipinski definition) is 1. The van der Waals surface area contributed by atoms with Crippen molar-refractivity contribution >= 4 is 18.2 Å². The molecule has 0 spiro atoms. The first-order valence-corrected chi connectivity index (χ1v) is 9.83. The van der Waals surface area contributed by atoms with Crippen molar-refractivity contribution in [2.24, 2.45) is 5.92 Å². The molecular formula is C10H33FOSi2. The van der Waals surface area contributed by atoms with Gasteiger partial charge in [-0.2, -0.15) is 0 Å². The number of rotatable bonds is 0. The van der Waals surface area contributed by atoms with E-state index >= 15 is 0 Å². The van der Waals surface area contributed by atoms with Gasteiger partial charge in [-0.3, -0.25) is 0 Å². The largest absolute Gasteiger partial charge is 0.433 e. The standard InChI is InChI=1S/C4H10.C3H10OSi.CH5FSi.2CH4/c1-4(2)3;1-5(2,3)4;1-3-2;;/h4H,1-3H3;4H,1-3H3;3H2,1H3;2*1H4. The molecule has 0 radical (unpaired) electrons. The second-order valence-corrected chi connectivity index (χ2v) is 9.05. The predicted molar refractivity (Wildman–Crippen MR) is 75.1 cm³/mol. The van der Waals surface area contributed by atoms with Crippen LogP contribution in [0.4, 0.5) is 4.11 Å². The highest BCUT2D eigenvalue weighted by atomic mass is 28.4. The molecule has 4 heteroatoms. The zero-order valence-electron chi connectivity index (χ0n) is 9.61. The predicted octanol–water partition coefficient (Wildman–Crippen LogP) is 3.84. The second kappa shape index (κ2) is 19.0. The van der Waals surface area contributed by atoms with Gasteiger partial charge in [-0.15, -0.1) is 0 Å². The molecule has 0 aliphatic carbocycles. The average Bonchev–Trinajstić information content (AvgIpc) is 1.56. The summed E-state index contributed by atoms with van der Waals surface area (Å²) in [7, 11) is -2.69. The molecule has 0 aromatic heterocycles. The lowest BCUT2D eigenvalue weighted by Crippen LogP contribution is -2.17. The Bertz CT molecular complexity index is 64.3. The van der Waals surface area contributed by atoms with Crippen LogP contribution in [0, 0.1) is 5.92 Å². The molecule has 0 saturated heterocycles. The fraction of sp³-hybridized carbons (Fsp3) is 1.00. The first kappa shape index (κ1) is 29.3. The van der Waals surface area contributed by atoms with E-state index in [-0.39, 0.29) is 14.9 Å². The summed E-state index contributed by atoms with van der Waals surface area (Å²) in [6, 6.07) is 0. The molecule has 0 rings (SSSR count). The van der Waals surface area contributed by atoms with Gasteiger partial charge in [0.15, 0.2) is 8.32 Å². The van der Waals surface area contributed by atoms with E-state index in [1.165, 1.54) is 0 Å². The van der Waals surface area contributed by atoms with E-state index in [2.05, 4.69) is 20.8 Å². The van der Waals surface area contributed by atoms with E-state index < -0.39 is 18.2 Å². The molecule has 0 unspecified atom stereocenters. The van der Waals surface area contributed by atoms with Crippen LogP contribution in [0.15, 0.2) is 0 Å². The Hall–Kier alpha value is 0.324. The van der Waals surface area contributed by atoms with Gasteiger partial charge in [0.25, 0.3) is 0 Å². The molecule has 0 aliphatic heterocycles. The van der Waals surface area contributed by atoms with Crippen molar-refractivity contribution < 1.29 is 8.90 Å². The maximum atomic E-state index is 10.4. The summed E-state index contributed by atoms with van der Waals surface area (Å²) in [5.74, 6) is 0.833. The highest BCUT2D eigenvalue weighted by molar-refractivity contribution is 6.68. The normalized spacial score (nSPS) is 9.00. The van der Waals surface area contributed by atoms with Crippen LogP contribution in [-0.2, 0) is 0 Å². The van der Waals surface area contributed by atoms with Gasteiger partial charge >= 0.3 is 0 Å². The summed E-state index contributed by atoms with van der Waals surface area (Å²) < 4.78 is 10.4. The third kappa shape index (κ3) is 15100. The zero-order chi connectivity index (χ0) is 10.8. The van der Waals surface area contributed by atoms with Gasteiger partial charge < -0.3 is 8.90 Å². The Morgan fingerprint density at radius 1 is 1.07 bits per heavy atom. The lowest BCUT2D eigenvalue weighted by atomic mass is 10.3. The first-order valence-electron chi connectivity index (χ1n) is 4.43. The minimum Gasteiger partial charge on any atom is -0.433 e. The maximum Gasteiger partial charge on any atom is 0.213 e.